The van der Waals surface area contributed by atoms with Gasteiger partial charge in [-0.2, -0.15) is 0 Å². The predicted molar refractivity (Wildman–Crippen MR) is 74.0 cm³/mol. The summed E-state index contributed by atoms with van der Waals surface area (Å²) in [7, 11) is 0. The highest BCUT2D eigenvalue weighted by Crippen LogP contribution is 2.30. The van der Waals surface area contributed by atoms with Crippen LogP contribution in [0.1, 0.15) is 44.1 Å². The molecule has 2 heteroatoms. The first-order chi connectivity index (χ1) is 8.24. The molecule has 1 saturated carbocycles. The van der Waals surface area contributed by atoms with Gasteiger partial charge in [0, 0.05) is 4.83 Å². The molecule has 0 aromatic heterocycles. The second kappa shape index (κ2) is 6.53. The molecule has 17 heavy (non-hydrogen) atoms. The zero-order valence-electron chi connectivity index (χ0n) is 10.2. The van der Waals surface area contributed by atoms with E-state index in [0.717, 1.165) is 17.9 Å². The Morgan fingerprint density at radius 1 is 1.29 bits per heavy atom. The van der Waals surface area contributed by atoms with Crippen molar-refractivity contribution in [1.82, 2.24) is 0 Å². The molecule has 1 unspecified atom stereocenters. The minimum absolute atomic E-state index is 0.127. The van der Waals surface area contributed by atoms with Crippen LogP contribution in [0, 0.1) is 11.7 Å². The lowest BCUT2D eigenvalue weighted by Crippen LogP contribution is -2.05. The van der Waals surface area contributed by atoms with Crippen LogP contribution in [0.4, 0.5) is 4.39 Å². The molecule has 0 heterocycles. The lowest BCUT2D eigenvalue weighted by atomic mass is 9.98. The molecule has 1 aliphatic carbocycles. The molecule has 1 fully saturated rings. The summed E-state index contributed by atoms with van der Waals surface area (Å²) in [4.78, 5) is 0.491. The number of rotatable bonds is 5. The van der Waals surface area contributed by atoms with Crippen molar-refractivity contribution in [2.45, 2.75) is 49.8 Å². The Labute approximate surface area is 112 Å². The minimum atomic E-state index is -0.127. The van der Waals surface area contributed by atoms with E-state index >= 15 is 0 Å². The van der Waals surface area contributed by atoms with Crippen LogP contribution in [-0.2, 0) is 6.42 Å². The zero-order chi connectivity index (χ0) is 12.1. The first-order valence-electron chi connectivity index (χ1n) is 6.62. The summed E-state index contributed by atoms with van der Waals surface area (Å²) in [6, 6.07) is 6.95. The minimum Gasteiger partial charge on any atom is -0.207 e. The average molecular weight is 299 g/mol. The van der Waals surface area contributed by atoms with Gasteiger partial charge in [0.25, 0.3) is 0 Å². The molecule has 1 aliphatic rings. The summed E-state index contributed by atoms with van der Waals surface area (Å²) in [5, 5.41) is 0. The first-order valence-corrected chi connectivity index (χ1v) is 7.54. The van der Waals surface area contributed by atoms with E-state index in [4.69, 9.17) is 0 Å². The summed E-state index contributed by atoms with van der Waals surface area (Å²) < 4.78 is 13.0. The highest BCUT2D eigenvalue weighted by Gasteiger charge is 2.16. The third-order valence-corrected chi connectivity index (χ3v) is 4.49. The number of halogens is 2. The van der Waals surface area contributed by atoms with E-state index in [2.05, 4.69) is 15.9 Å². The van der Waals surface area contributed by atoms with Crippen LogP contribution >= 0.6 is 15.9 Å². The van der Waals surface area contributed by atoms with Crippen molar-refractivity contribution in [3.8, 4) is 0 Å². The second-order valence-electron chi connectivity index (χ2n) is 5.16. The SMILES string of the molecule is Fc1cccc(CC(Br)CCC2CCCC2)c1. The highest BCUT2D eigenvalue weighted by atomic mass is 79.9. The molecule has 2 rings (SSSR count). The van der Waals surface area contributed by atoms with Gasteiger partial charge in [-0.05, 0) is 42.9 Å². The molecule has 0 N–H and O–H groups in total. The van der Waals surface area contributed by atoms with Crippen LogP contribution in [0.25, 0.3) is 0 Å². The Morgan fingerprint density at radius 3 is 2.76 bits per heavy atom. The van der Waals surface area contributed by atoms with Crippen LogP contribution in [0.5, 0.6) is 0 Å². The fraction of sp³-hybridized carbons (Fsp3) is 0.600. The lowest BCUT2D eigenvalue weighted by molar-refractivity contribution is 0.479. The number of benzene rings is 1. The summed E-state index contributed by atoms with van der Waals surface area (Å²) in [6.07, 6.45) is 9.14. The standard InChI is InChI=1S/C15H20BrF/c16-14(9-8-12-4-1-2-5-12)10-13-6-3-7-15(17)11-13/h3,6-7,11-12,14H,1-2,4-5,8-10H2. The normalized spacial score (nSPS) is 18.5. The Kier molecular flexibility index (Phi) is 5.02. The van der Waals surface area contributed by atoms with Crippen molar-refractivity contribution < 1.29 is 4.39 Å². The van der Waals surface area contributed by atoms with E-state index in [1.807, 2.05) is 6.07 Å². The van der Waals surface area contributed by atoms with E-state index in [-0.39, 0.29) is 5.82 Å². The van der Waals surface area contributed by atoms with Crippen LogP contribution in [0.3, 0.4) is 0 Å². The lowest BCUT2D eigenvalue weighted by Gasteiger charge is -2.13. The van der Waals surface area contributed by atoms with Gasteiger partial charge in [0.15, 0.2) is 0 Å². The van der Waals surface area contributed by atoms with Crippen molar-refractivity contribution in [2.75, 3.05) is 0 Å². The molecule has 0 bridgehead atoms. The molecule has 1 atom stereocenters. The molecule has 94 valence electrons. The maximum atomic E-state index is 13.0. The van der Waals surface area contributed by atoms with Crippen molar-refractivity contribution in [2.24, 2.45) is 5.92 Å². The molecule has 0 nitrogen and oxygen atoms in total. The molecule has 1 aromatic carbocycles. The molecule has 0 saturated heterocycles. The summed E-state index contributed by atoms with van der Waals surface area (Å²) in [5.41, 5.74) is 1.10. The number of hydrogen-bond acceptors (Lipinski definition) is 0. The van der Waals surface area contributed by atoms with Gasteiger partial charge in [-0.25, -0.2) is 4.39 Å². The maximum Gasteiger partial charge on any atom is 0.123 e. The highest BCUT2D eigenvalue weighted by molar-refractivity contribution is 9.09. The van der Waals surface area contributed by atoms with Crippen molar-refractivity contribution in [3.63, 3.8) is 0 Å². The third kappa shape index (κ3) is 4.42. The molecular formula is C15H20BrF. The first kappa shape index (κ1) is 13.1. The van der Waals surface area contributed by atoms with Gasteiger partial charge < -0.3 is 0 Å². The predicted octanol–water partition coefficient (Wildman–Crippen LogP) is 5.10. The summed E-state index contributed by atoms with van der Waals surface area (Å²) in [5.74, 6) is 0.820. The Bertz CT molecular complexity index is 345. The smallest absolute Gasteiger partial charge is 0.123 e. The molecule has 1 aromatic rings. The van der Waals surface area contributed by atoms with E-state index in [9.17, 15) is 4.39 Å². The van der Waals surface area contributed by atoms with E-state index < -0.39 is 0 Å². The second-order valence-corrected chi connectivity index (χ2v) is 6.45. The van der Waals surface area contributed by atoms with Gasteiger partial charge in [-0.3, -0.25) is 0 Å². The number of hydrogen-bond donors (Lipinski definition) is 0. The van der Waals surface area contributed by atoms with Crippen LogP contribution < -0.4 is 0 Å². The summed E-state index contributed by atoms with van der Waals surface area (Å²) >= 11 is 3.72. The largest absolute Gasteiger partial charge is 0.207 e. The van der Waals surface area contributed by atoms with Crippen molar-refractivity contribution in [3.05, 3.63) is 35.6 Å². The van der Waals surface area contributed by atoms with Crippen LogP contribution in [-0.4, -0.2) is 4.83 Å². The van der Waals surface area contributed by atoms with Crippen molar-refractivity contribution >= 4 is 15.9 Å². The third-order valence-electron chi connectivity index (χ3n) is 3.71. The van der Waals surface area contributed by atoms with Crippen LogP contribution in [0.2, 0.25) is 0 Å². The topological polar surface area (TPSA) is 0 Å². The van der Waals surface area contributed by atoms with Gasteiger partial charge in [0.1, 0.15) is 5.82 Å². The van der Waals surface area contributed by atoms with Gasteiger partial charge in [0.05, 0.1) is 0 Å². The van der Waals surface area contributed by atoms with Gasteiger partial charge in [0.2, 0.25) is 0 Å². The molecule has 0 radical (unpaired) electrons. The van der Waals surface area contributed by atoms with Gasteiger partial charge in [-0.1, -0.05) is 53.7 Å². The van der Waals surface area contributed by atoms with E-state index in [1.165, 1.54) is 44.6 Å². The molecule has 0 aliphatic heterocycles. The Morgan fingerprint density at radius 2 is 2.06 bits per heavy atom. The van der Waals surface area contributed by atoms with E-state index in [0.29, 0.717) is 4.83 Å². The summed E-state index contributed by atoms with van der Waals surface area (Å²) in [6.45, 7) is 0. The Hall–Kier alpha value is -0.370. The van der Waals surface area contributed by atoms with Gasteiger partial charge in [-0.15, -0.1) is 0 Å². The Balaban J connectivity index is 1.74. The average Bonchev–Trinajstić information content (AvgIpc) is 2.79. The monoisotopic (exact) mass is 298 g/mol. The van der Waals surface area contributed by atoms with E-state index in [1.54, 1.807) is 12.1 Å². The van der Waals surface area contributed by atoms with Crippen LogP contribution in [0.15, 0.2) is 24.3 Å². The van der Waals surface area contributed by atoms with Gasteiger partial charge >= 0.3 is 0 Å². The quantitative estimate of drug-likeness (QED) is 0.663. The molecular weight excluding hydrogens is 279 g/mol. The fourth-order valence-electron chi connectivity index (χ4n) is 2.74. The molecule has 0 spiro atoms. The maximum absolute atomic E-state index is 13.0. The number of alkyl halides is 1. The fourth-order valence-corrected chi connectivity index (χ4v) is 3.38. The molecule has 0 amide bonds. The van der Waals surface area contributed by atoms with Crippen molar-refractivity contribution in [1.29, 1.82) is 0 Å². The zero-order valence-corrected chi connectivity index (χ0v) is 11.8.